The number of hydrogen-bond acceptors (Lipinski definition) is 4. The minimum atomic E-state index is -0.740. The third kappa shape index (κ3) is 2.40. The van der Waals surface area contributed by atoms with Crippen molar-refractivity contribution in [1.82, 2.24) is 0 Å². The summed E-state index contributed by atoms with van der Waals surface area (Å²) in [6, 6.07) is 8.84. The monoisotopic (exact) mass is 195 g/mol. The van der Waals surface area contributed by atoms with Crippen molar-refractivity contribution in [3.05, 3.63) is 35.9 Å². The summed E-state index contributed by atoms with van der Waals surface area (Å²) in [7, 11) is 0. The number of carbonyl (C=O) groups is 2. The van der Waals surface area contributed by atoms with Crippen LogP contribution < -0.4 is 5.14 Å². The molecule has 0 aliphatic carbocycles. The Balaban J connectivity index is 2.91. The zero-order valence-corrected chi connectivity index (χ0v) is 7.66. The van der Waals surface area contributed by atoms with Gasteiger partial charge in [0.2, 0.25) is 5.12 Å². The smallest absolute Gasteiger partial charge is 0.218 e. The molecule has 2 N–H and O–H groups in total. The van der Waals surface area contributed by atoms with Crippen molar-refractivity contribution in [2.24, 2.45) is 5.14 Å². The summed E-state index contributed by atoms with van der Waals surface area (Å²) < 4.78 is 0. The lowest BCUT2D eigenvalue weighted by molar-refractivity contribution is -0.118. The molecule has 13 heavy (non-hydrogen) atoms. The Bertz CT molecular complexity index is 300. The zero-order valence-electron chi connectivity index (χ0n) is 6.84. The van der Waals surface area contributed by atoms with E-state index in [-0.39, 0.29) is 5.12 Å². The van der Waals surface area contributed by atoms with E-state index in [1.54, 1.807) is 24.3 Å². The molecule has 68 valence electrons. The van der Waals surface area contributed by atoms with E-state index in [4.69, 9.17) is 5.14 Å². The second kappa shape index (κ2) is 4.79. The summed E-state index contributed by atoms with van der Waals surface area (Å²) in [6.07, 6.45) is 0.609. The fourth-order valence-electron chi connectivity index (χ4n) is 1.00. The van der Waals surface area contributed by atoms with Crippen LogP contribution in [0.25, 0.3) is 0 Å². The zero-order chi connectivity index (χ0) is 9.68. The van der Waals surface area contributed by atoms with Gasteiger partial charge in [0.25, 0.3) is 0 Å². The summed E-state index contributed by atoms with van der Waals surface area (Å²) in [5.41, 5.74) is 0.681. The van der Waals surface area contributed by atoms with E-state index in [1.807, 2.05) is 6.07 Å². The molecular formula is C9H9NO2S. The van der Waals surface area contributed by atoms with E-state index in [0.717, 1.165) is 0 Å². The number of rotatable bonds is 3. The molecule has 1 aromatic rings. The Kier molecular flexibility index (Phi) is 3.67. The molecule has 0 saturated heterocycles. The molecule has 0 aromatic heterocycles. The Hall–Kier alpha value is -1.13. The van der Waals surface area contributed by atoms with Crippen LogP contribution in [0.5, 0.6) is 0 Å². The highest BCUT2D eigenvalue weighted by molar-refractivity contribution is 8.11. The topological polar surface area (TPSA) is 60.2 Å². The van der Waals surface area contributed by atoms with Crippen LogP contribution in [0.15, 0.2) is 30.3 Å². The standard InChI is InChI=1S/C9H9NO2S/c10-13-9(12)8(6-11)7-4-2-1-3-5-7/h1-6,8H,10H2. The molecule has 1 atom stereocenters. The Morgan fingerprint density at radius 2 is 2.00 bits per heavy atom. The van der Waals surface area contributed by atoms with Crippen molar-refractivity contribution in [2.45, 2.75) is 5.92 Å². The molecule has 1 unspecified atom stereocenters. The van der Waals surface area contributed by atoms with Crippen LogP contribution in [-0.4, -0.2) is 11.4 Å². The molecule has 1 aromatic carbocycles. The molecule has 0 aliphatic rings. The minimum absolute atomic E-state index is 0.332. The normalized spacial score (nSPS) is 12.1. The maximum Gasteiger partial charge on any atom is 0.218 e. The van der Waals surface area contributed by atoms with Gasteiger partial charge in [-0.15, -0.1) is 0 Å². The largest absolute Gasteiger partial charge is 0.302 e. The van der Waals surface area contributed by atoms with Crippen molar-refractivity contribution in [3.8, 4) is 0 Å². The van der Waals surface area contributed by atoms with Crippen LogP contribution >= 0.6 is 11.9 Å². The lowest BCUT2D eigenvalue weighted by Crippen LogP contribution is -2.12. The third-order valence-corrected chi connectivity index (χ3v) is 2.15. The Morgan fingerprint density at radius 3 is 2.46 bits per heavy atom. The quantitative estimate of drug-likeness (QED) is 0.446. The van der Waals surface area contributed by atoms with Gasteiger partial charge in [0.15, 0.2) is 0 Å². The van der Waals surface area contributed by atoms with Crippen molar-refractivity contribution in [3.63, 3.8) is 0 Å². The number of aldehydes is 1. The van der Waals surface area contributed by atoms with Gasteiger partial charge in [-0.1, -0.05) is 30.3 Å². The third-order valence-electron chi connectivity index (χ3n) is 1.66. The molecule has 0 heterocycles. The molecule has 3 nitrogen and oxygen atoms in total. The Morgan fingerprint density at radius 1 is 1.38 bits per heavy atom. The predicted molar refractivity (Wildman–Crippen MR) is 52.0 cm³/mol. The van der Waals surface area contributed by atoms with Gasteiger partial charge in [0.05, 0.1) is 0 Å². The molecule has 4 heteroatoms. The van der Waals surface area contributed by atoms with Crippen molar-refractivity contribution < 1.29 is 9.59 Å². The molecule has 0 fully saturated rings. The van der Waals surface area contributed by atoms with E-state index >= 15 is 0 Å². The predicted octanol–water partition coefficient (Wildman–Crippen LogP) is 1.10. The molecular weight excluding hydrogens is 186 g/mol. The van der Waals surface area contributed by atoms with Crippen molar-refractivity contribution >= 4 is 23.3 Å². The first-order valence-electron chi connectivity index (χ1n) is 3.70. The van der Waals surface area contributed by atoms with E-state index in [0.29, 0.717) is 23.8 Å². The van der Waals surface area contributed by atoms with Crippen LogP contribution in [0.4, 0.5) is 0 Å². The Labute approximate surface area is 80.4 Å². The second-order valence-corrected chi connectivity index (χ2v) is 3.10. The van der Waals surface area contributed by atoms with Gasteiger partial charge in [-0.2, -0.15) is 0 Å². The first-order valence-corrected chi connectivity index (χ1v) is 4.58. The van der Waals surface area contributed by atoms with Gasteiger partial charge in [-0.25, -0.2) is 0 Å². The van der Waals surface area contributed by atoms with Gasteiger partial charge in [-0.05, 0) is 17.5 Å². The summed E-state index contributed by atoms with van der Waals surface area (Å²) in [4.78, 5) is 21.8. The average molecular weight is 195 g/mol. The molecule has 0 spiro atoms. The van der Waals surface area contributed by atoms with E-state index in [1.165, 1.54) is 0 Å². The fourth-order valence-corrected chi connectivity index (χ4v) is 1.34. The summed E-state index contributed by atoms with van der Waals surface area (Å²) >= 11 is 0.582. The number of benzene rings is 1. The fraction of sp³-hybridized carbons (Fsp3) is 0.111. The van der Waals surface area contributed by atoms with Crippen LogP contribution in [0, 0.1) is 0 Å². The molecule has 0 amide bonds. The first-order chi connectivity index (χ1) is 6.29. The van der Waals surface area contributed by atoms with Gasteiger partial charge >= 0.3 is 0 Å². The molecule has 0 radical (unpaired) electrons. The lowest BCUT2D eigenvalue weighted by Gasteiger charge is -2.05. The van der Waals surface area contributed by atoms with Gasteiger partial charge < -0.3 is 4.79 Å². The molecule has 1 rings (SSSR count). The van der Waals surface area contributed by atoms with Gasteiger partial charge in [-0.3, -0.25) is 9.93 Å². The number of nitrogens with two attached hydrogens (primary N) is 1. The minimum Gasteiger partial charge on any atom is -0.302 e. The summed E-state index contributed by atoms with van der Waals surface area (Å²) in [5.74, 6) is -0.740. The first kappa shape index (κ1) is 9.95. The van der Waals surface area contributed by atoms with E-state index in [2.05, 4.69) is 0 Å². The van der Waals surface area contributed by atoms with Crippen LogP contribution in [0.2, 0.25) is 0 Å². The van der Waals surface area contributed by atoms with Gasteiger partial charge in [0, 0.05) is 0 Å². The highest BCUT2D eigenvalue weighted by atomic mass is 32.2. The van der Waals surface area contributed by atoms with E-state index < -0.39 is 5.92 Å². The average Bonchev–Trinajstić information content (AvgIpc) is 2.20. The number of carbonyl (C=O) groups excluding carboxylic acids is 2. The maximum absolute atomic E-state index is 11.2. The summed E-state index contributed by atoms with van der Waals surface area (Å²) in [5, 5.41) is 4.76. The van der Waals surface area contributed by atoms with Crippen LogP contribution in [0.1, 0.15) is 11.5 Å². The highest BCUT2D eigenvalue weighted by Gasteiger charge is 2.18. The molecule has 0 aliphatic heterocycles. The number of hydrogen-bond donors (Lipinski definition) is 1. The van der Waals surface area contributed by atoms with Crippen molar-refractivity contribution in [2.75, 3.05) is 0 Å². The lowest BCUT2D eigenvalue weighted by atomic mass is 10.0. The van der Waals surface area contributed by atoms with Gasteiger partial charge in [0.1, 0.15) is 12.2 Å². The maximum atomic E-state index is 11.2. The van der Waals surface area contributed by atoms with Crippen molar-refractivity contribution in [1.29, 1.82) is 0 Å². The summed E-state index contributed by atoms with van der Waals surface area (Å²) in [6.45, 7) is 0. The van der Waals surface area contributed by atoms with Crippen LogP contribution in [0.3, 0.4) is 0 Å². The highest BCUT2D eigenvalue weighted by Crippen LogP contribution is 2.17. The van der Waals surface area contributed by atoms with Crippen LogP contribution in [-0.2, 0) is 9.59 Å². The SMILES string of the molecule is NSC(=O)C(C=O)c1ccccc1. The molecule has 0 bridgehead atoms. The second-order valence-electron chi connectivity index (χ2n) is 2.46. The van der Waals surface area contributed by atoms with E-state index in [9.17, 15) is 9.59 Å². The molecule has 0 saturated carbocycles.